The fraction of sp³-hybridized carbons (Fsp3) is 0.400. The molecular formula is C20H20N4O7. The van der Waals surface area contributed by atoms with Gasteiger partial charge in [0.15, 0.2) is 0 Å². The van der Waals surface area contributed by atoms with Crippen molar-refractivity contribution in [2.45, 2.75) is 37.8 Å². The Morgan fingerprint density at radius 2 is 1.90 bits per heavy atom. The fourth-order valence-corrected chi connectivity index (χ4v) is 4.26. The molecule has 0 aliphatic carbocycles. The number of imide groups is 2. The third-order valence-electron chi connectivity index (χ3n) is 5.76. The molecule has 1 aromatic rings. The largest absolute Gasteiger partial charge is 0.480 e. The van der Waals surface area contributed by atoms with Gasteiger partial charge in [-0.3, -0.25) is 34.2 Å². The van der Waals surface area contributed by atoms with Crippen molar-refractivity contribution >= 4 is 41.2 Å². The first-order chi connectivity index (χ1) is 14.8. The van der Waals surface area contributed by atoms with Crippen molar-refractivity contribution in [1.29, 1.82) is 0 Å². The van der Waals surface area contributed by atoms with E-state index in [-0.39, 0.29) is 36.2 Å². The van der Waals surface area contributed by atoms with Crippen LogP contribution in [0.15, 0.2) is 18.2 Å². The second-order valence-electron chi connectivity index (χ2n) is 7.61. The molecule has 11 heteroatoms. The number of nitrogens with zero attached hydrogens (tertiary/aromatic N) is 2. The molecule has 1 unspecified atom stereocenters. The van der Waals surface area contributed by atoms with Gasteiger partial charge in [-0.25, -0.2) is 4.79 Å². The van der Waals surface area contributed by atoms with Gasteiger partial charge in [-0.1, -0.05) is 6.07 Å². The van der Waals surface area contributed by atoms with Crippen molar-refractivity contribution in [2.24, 2.45) is 0 Å². The number of likely N-dealkylation sites (tertiary alicyclic amines) is 1. The maximum absolute atomic E-state index is 13.0. The van der Waals surface area contributed by atoms with Crippen molar-refractivity contribution in [3.63, 3.8) is 0 Å². The minimum Gasteiger partial charge on any atom is -0.480 e. The summed E-state index contributed by atoms with van der Waals surface area (Å²) >= 11 is 0. The number of carbonyl (C=O) groups excluding carboxylic acids is 5. The molecule has 0 spiro atoms. The highest BCUT2D eigenvalue weighted by Gasteiger charge is 2.45. The molecule has 2 atom stereocenters. The van der Waals surface area contributed by atoms with E-state index >= 15 is 0 Å². The van der Waals surface area contributed by atoms with Crippen molar-refractivity contribution < 1.29 is 33.9 Å². The van der Waals surface area contributed by atoms with E-state index in [1.165, 1.54) is 17.0 Å². The predicted octanol–water partition coefficient (Wildman–Crippen LogP) is -0.425. The molecule has 3 heterocycles. The van der Waals surface area contributed by atoms with Crippen LogP contribution in [0.3, 0.4) is 0 Å². The average Bonchev–Trinajstić information content (AvgIpc) is 3.31. The van der Waals surface area contributed by atoms with E-state index in [4.69, 9.17) is 0 Å². The molecule has 3 N–H and O–H groups in total. The van der Waals surface area contributed by atoms with Gasteiger partial charge in [0, 0.05) is 18.7 Å². The van der Waals surface area contributed by atoms with Crippen LogP contribution in [0.25, 0.3) is 0 Å². The SMILES string of the molecule is O=C1CCC(N2C(=O)c3cccc(NCC(=O)N4CCC[C@@H]4C(=O)O)c3C2=O)C(=O)N1. The fourth-order valence-electron chi connectivity index (χ4n) is 4.26. The molecule has 162 valence electrons. The van der Waals surface area contributed by atoms with Gasteiger partial charge in [0.2, 0.25) is 17.7 Å². The third kappa shape index (κ3) is 3.51. The number of fused-ring (bicyclic) bond motifs is 1. The highest BCUT2D eigenvalue weighted by atomic mass is 16.4. The summed E-state index contributed by atoms with van der Waals surface area (Å²) in [5.74, 6) is -3.98. The van der Waals surface area contributed by atoms with E-state index in [2.05, 4.69) is 10.6 Å². The number of carbonyl (C=O) groups is 6. The van der Waals surface area contributed by atoms with Crippen molar-refractivity contribution in [3.05, 3.63) is 29.3 Å². The van der Waals surface area contributed by atoms with E-state index in [0.717, 1.165) is 4.90 Å². The first-order valence-corrected chi connectivity index (χ1v) is 9.90. The molecule has 0 radical (unpaired) electrons. The van der Waals surface area contributed by atoms with Crippen LogP contribution in [-0.4, -0.2) is 75.6 Å². The molecule has 2 saturated heterocycles. The van der Waals surface area contributed by atoms with E-state index in [1.54, 1.807) is 6.07 Å². The normalized spacial score (nSPS) is 23.1. The van der Waals surface area contributed by atoms with Gasteiger partial charge in [0.1, 0.15) is 12.1 Å². The molecule has 5 amide bonds. The first kappa shape index (κ1) is 20.5. The summed E-state index contributed by atoms with van der Waals surface area (Å²) in [6, 6.07) is 2.57. The van der Waals surface area contributed by atoms with Crippen molar-refractivity contribution in [2.75, 3.05) is 18.4 Å². The summed E-state index contributed by atoms with van der Waals surface area (Å²) in [4.78, 5) is 75.4. The number of hydrogen-bond donors (Lipinski definition) is 3. The number of anilines is 1. The second kappa shape index (κ2) is 7.82. The third-order valence-corrected chi connectivity index (χ3v) is 5.76. The molecule has 31 heavy (non-hydrogen) atoms. The number of aliphatic carboxylic acids is 1. The number of carboxylic acid groups (broad SMARTS) is 1. The topological polar surface area (TPSA) is 153 Å². The summed E-state index contributed by atoms with van der Waals surface area (Å²) in [5.41, 5.74) is 0.378. The van der Waals surface area contributed by atoms with Gasteiger partial charge < -0.3 is 15.3 Å². The van der Waals surface area contributed by atoms with Crippen LogP contribution in [0.5, 0.6) is 0 Å². The summed E-state index contributed by atoms with van der Waals surface area (Å²) in [6.45, 7) is 0.0885. The number of benzene rings is 1. The molecule has 3 aliphatic rings. The summed E-state index contributed by atoms with van der Waals surface area (Å²) in [7, 11) is 0. The first-order valence-electron chi connectivity index (χ1n) is 9.90. The Hall–Kier alpha value is -3.76. The lowest BCUT2D eigenvalue weighted by Crippen LogP contribution is -2.54. The van der Waals surface area contributed by atoms with Gasteiger partial charge >= 0.3 is 5.97 Å². The predicted molar refractivity (Wildman–Crippen MR) is 104 cm³/mol. The van der Waals surface area contributed by atoms with Gasteiger partial charge in [0.05, 0.1) is 17.7 Å². The lowest BCUT2D eigenvalue weighted by molar-refractivity contribution is -0.147. The van der Waals surface area contributed by atoms with E-state index in [9.17, 15) is 33.9 Å². The molecule has 11 nitrogen and oxygen atoms in total. The smallest absolute Gasteiger partial charge is 0.326 e. The Kier molecular flexibility index (Phi) is 5.17. The summed E-state index contributed by atoms with van der Waals surface area (Å²) in [5, 5.41) is 14.2. The Morgan fingerprint density at radius 1 is 1.13 bits per heavy atom. The van der Waals surface area contributed by atoms with Crippen LogP contribution in [0.1, 0.15) is 46.4 Å². The molecule has 2 fully saturated rings. The maximum atomic E-state index is 13.0. The zero-order chi connectivity index (χ0) is 22.3. The molecule has 1 aromatic carbocycles. The molecule has 0 saturated carbocycles. The van der Waals surface area contributed by atoms with Crippen LogP contribution in [0.4, 0.5) is 5.69 Å². The molecule has 0 aromatic heterocycles. The molecular weight excluding hydrogens is 408 g/mol. The van der Waals surface area contributed by atoms with Gasteiger partial charge in [-0.05, 0) is 31.4 Å². The standard InChI is InChI=1S/C20H20N4O7/c25-14-7-6-12(17(27)22-14)24-18(28)10-3-1-4-11(16(10)19(24)29)21-9-15(26)23-8-2-5-13(23)20(30)31/h1,3-4,12-13,21H,2,5-9H2,(H,30,31)(H,22,25,27)/t12?,13-/m1/s1. The minimum absolute atomic E-state index is 0.0179. The highest BCUT2D eigenvalue weighted by molar-refractivity contribution is 6.25. The molecule has 0 bridgehead atoms. The Balaban J connectivity index is 1.52. The van der Waals surface area contributed by atoms with Crippen LogP contribution in [-0.2, 0) is 19.2 Å². The maximum Gasteiger partial charge on any atom is 0.326 e. The Bertz CT molecular complexity index is 1020. The number of hydrogen-bond acceptors (Lipinski definition) is 7. The minimum atomic E-state index is -1.08. The summed E-state index contributed by atoms with van der Waals surface area (Å²) < 4.78 is 0. The van der Waals surface area contributed by atoms with Gasteiger partial charge in [0.25, 0.3) is 11.8 Å². The molecule has 3 aliphatic heterocycles. The highest BCUT2D eigenvalue weighted by Crippen LogP contribution is 2.32. The number of amides is 5. The quantitative estimate of drug-likeness (QED) is 0.534. The van der Waals surface area contributed by atoms with Gasteiger partial charge in [-0.15, -0.1) is 0 Å². The zero-order valence-corrected chi connectivity index (χ0v) is 16.4. The average molecular weight is 428 g/mol. The van der Waals surface area contributed by atoms with E-state index in [1.807, 2.05) is 0 Å². The number of rotatable bonds is 5. The Labute approximate surface area is 176 Å². The zero-order valence-electron chi connectivity index (χ0n) is 16.4. The lowest BCUT2D eigenvalue weighted by Gasteiger charge is -2.27. The monoisotopic (exact) mass is 428 g/mol. The molecule has 4 rings (SSSR count). The van der Waals surface area contributed by atoms with Crippen LogP contribution in [0, 0.1) is 0 Å². The van der Waals surface area contributed by atoms with Crippen LogP contribution >= 0.6 is 0 Å². The second-order valence-corrected chi connectivity index (χ2v) is 7.61. The lowest BCUT2D eigenvalue weighted by atomic mass is 10.0. The van der Waals surface area contributed by atoms with Crippen LogP contribution < -0.4 is 10.6 Å². The van der Waals surface area contributed by atoms with Crippen LogP contribution in [0.2, 0.25) is 0 Å². The van der Waals surface area contributed by atoms with E-state index in [0.29, 0.717) is 19.4 Å². The number of piperidine rings is 1. The number of nitrogens with one attached hydrogen (secondary N) is 2. The number of carboxylic acids is 1. The van der Waals surface area contributed by atoms with Crippen molar-refractivity contribution in [1.82, 2.24) is 15.1 Å². The summed E-state index contributed by atoms with van der Waals surface area (Å²) in [6.07, 6.45) is 1.04. The van der Waals surface area contributed by atoms with Crippen molar-refractivity contribution in [3.8, 4) is 0 Å². The van der Waals surface area contributed by atoms with Gasteiger partial charge in [-0.2, -0.15) is 0 Å². The Morgan fingerprint density at radius 3 is 2.61 bits per heavy atom. The van der Waals surface area contributed by atoms with E-state index < -0.39 is 47.6 Å².